The molecule has 0 fully saturated rings. The van der Waals surface area contributed by atoms with Gasteiger partial charge in [0.2, 0.25) is 0 Å². The van der Waals surface area contributed by atoms with E-state index < -0.39 is 0 Å². The third-order valence-electron chi connectivity index (χ3n) is 3.02. The van der Waals surface area contributed by atoms with Crippen LogP contribution in [0.3, 0.4) is 0 Å². The van der Waals surface area contributed by atoms with Crippen molar-refractivity contribution in [2.75, 3.05) is 0 Å². The van der Waals surface area contributed by atoms with Crippen LogP contribution < -0.4 is 10.5 Å². The molecule has 2 rings (SSSR count). The summed E-state index contributed by atoms with van der Waals surface area (Å²) in [5, 5.41) is 0.720. The topological polar surface area (TPSA) is 35.2 Å². The number of halogens is 1. The fraction of sp³-hybridized carbons (Fsp3) is 0.571. The summed E-state index contributed by atoms with van der Waals surface area (Å²) in [7, 11) is 0. The van der Waals surface area contributed by atoms with Crippen molar-refractivity contribution in [2.24, 2.45) is 11.1 Å². The van der Waals surface area contributed by atoms with Gasteiger partial charge in [0.1, 0.15) is 11.9 Å². The fourth-order valence-electron chi connectivity index (χ4n) is 2.36. The summed E-state index contributed by atoms with van der Waals surface area (Å²) >= 11 is 5.97. The van der Waals surface area contributed by atoms with E-state index in [0.29, 0.717) is 0 Å². The van der Waals surface area contributed by atoms with E-state index in [1.807, 2.05) is 18.2 Å². The van der Waals surface area contributed by atoms with Crippen LogP contribution in [0.5, 0.6) is 5.75 Å². The van der Waals surface area contributed by atoms with Gasteiger partial charge in [0.25, 0.3) is 0 Å². The van der Waals surface area contributed by atoms with Crippen LogP contribution in [0.15, 0.2) is 18.2 Å². The Kier molecular flexibility index (Phi) is 3.37. The molecule has 2 atom stereocenters. The predicted molar refractivity (Wildman–Crippen MR) is 71.5 cm³/mol. The minimum Gasteiger partial charge on any atom is -0.490 e. The van der Waals surface area contributed by atoms with E-state index in [9.17, 15) is 0 Å². The molecule has 0 radical (unpaired) electrons. The van der Waals surface area contributed by atoms with Crippen molar-refractivity contribution in [2.45, 2.75) is 45.8 Å². The Hall–Kier alpha value is -0.730. The monoisotopic (exact) mass is 253 g/mol. The average Bonchev–Trinajstić information content (AvgIpc) is 2.17. The van der Waals surface area contributed by atoms with E-state index in [2.05, 4.69) is 20.8 Å². The summed E-state index contributed by atoms with van der Waals surface area (Å²) in [4.78, 5) is 0. The Balaban J connectivity index is 2.19. The van der Waals surface area contributed by atoms with Crippen LogP contribution in [-0.2, 0) is 0 Å². The van der Waals surface area contributed by atoms with Crippen molar-refractivity contribution in [1.82, 2.24) is 0 Å². The highest BCUT2D eigenvalue weighted by Gasteiger charge is 2.29. The van der Waals surface area contributed by atoms with Gasteiger partial charge in [-0.15, -0.1) is 0 Å². The van der Waals surface area contributed by atoms with Crippen LogP contribution in [0, 0.1) is 5.41 Å². The molecule has 1 aromatic carbocycles. The summed E-state index contributed by atoms with van der Waals surface area (Å²) in [6.07, 6.45) is 2.09. The number of benzene rings is 1. The zero-order valence-corrected chi connectivity index (χ0v) is 11.4. The smallest absolute Gasteiger partial charge is 0.124 e. The van der Waals surface area contributed by atoms with Gasteiger partial charge in [0.15, 0.2) is 0 Å². The molecule has 94 valence electrons. The Bertz CT molecular complexity index is 411. The van der Waals surface area contributed by atoms with Crippen LogP contribution >= 0.6 is 11.6 Å². The van der Waals surface area contributed by atoms with Crippen LogP contribution in [0.4, 0.5) is 0 Å². The van der Waals surface area contributed by atoms with Crippen molar-refractivity contribution in [1.29, 1.82) is 0 Å². The second kappa shape index (κ2) is 4.51. The molecular weight excluding hydrogens is 234 g/mol. The van der Waals surface area contributed by atoms with E-state index in [-0.39, 0.29) is 17.6 Å². The number of hydrogen-bond donors (Lipinski definition) is 1. The molecule has 1 aliphatic heterocycles. The summed E-state index contributed by atoms with van der Waals surface area (Å²) in [5.74, 6) is 0.891. The van der Waals surface area contributed by atoms with Crippen LogP contribution in [-0.4, -0.2) is 6.10 Å². The third kappa shape index (κ3) is 3.14. The number of nitrogens with two attached hydrogens (primary N) is 1. The van der Waals surface area contributed by atoms with Gasteiger partial charge >= 0.3 is 0 Å². The first kappa shape index (κ1) is 12.7. The molecule has 0 bridgehead atoms. The summed E-state index contributed by atoms with van der Waals surface area (Å²) in [6.45, 7) is 6.66. The molecule has 0 saturated heterocycles. The molecule has 0 aromatic heterocycles. The van der Waals surface area contributed by atoms with Gasteiger partial charge in [0.05, 0.1) is 0 Å². The molecule has 3 heteroatoms. The molecule has 0 spiro atoms. The zero-order valence-electron chi connectivity index (χ0n) is 10.7. The van der Waals surface area contributed by atoms with E-state index in [0.717, 1.165) is 29.2 Å². The molecule has 2 N–H and O–H groups in total. The van der Waals surface area contributed by atoms with Crippen molar-refractivity contribution in [3.63, 3.8) is 0 Å². The molecule has 1 aromatic rings. The van der Waals surface area contributed by atoms with Crippen LogP contribution in [0.25, 0.3) is 0 Å². The molecule has 0 amide bonds. The lowest BCUT2D eigenvalue weighted by Crippen LogP contribution is -2.32. The molecule has 1 heterocycles. The maximum atomic E-state index is 6.19. The molecule has 1 aliphatic rings. The van der Waals surface area contributed by atoms with Gasteiger partial charge in [0, 0.05) is 23.0 Å². The lowest BCUT2D eigenvalue weighted by atomic mass is 9.85. The lowest BCUT2D eigenvalue weighted by molar-refractivity contribution is 0.112. The van der Waals surface area contributed by atoms with Crippen molar-refractivity contribution >= 4 is 11.6 Å². The maximum Gasteiger partial charge on any atom is 0.124 e. The normalized spacial score (nSPS) is 24.1. The summed E-state index contributed by atoms with van der Waals surface area (Å²) < 4.78 is 5.99. The quantitative estimate of drug-likeness (QED) is 0.823. The average molecular weight is 254 g/mol. The molecule has 0 saturated carbocycles. The van der Waals surface area contributed by atoms with Gasteiger partial charge in [-0.2, -0.15) is 0 Å². The highest BCUT2D eigenvalue weighted by atomic mass is 35.5. The van der Waals surface area contributed by atoms with Gasteiger partial charge in [-0.1, -0.05) is 32.4 Å². The van der Waals surface area contributed by atoms with Gasteiger partial charge in [-0.05, 0) is 30.0 Å². The number of fused-ring (bicyclic) bond motifs is 1. The first-order chi connectivity index (χ1) is 7.85. The molecule has 1 unspecified atom stereocenters. The zero-order chi connectivity index (χ0) is 12.6. The van der Waals surface area contributed by atoms with Crippen molar-refractivity contribution in [3.05, 3.63) is 28.8 Å². The van der Waals surface area contributed by atoms with Crippen LogP contribution in [0.1, 0.15) is 45.2 Å². The van der Waals surface area contributed by atoms with E-state index in [4.69, 9.17) is 22.1 Å². The first-order valence-electron chi connectivity index (χ1n) is 6.07. The van der Waals surface area contributed by atoms with Crippen LogP contribution in [0.2, 0.25) is 5.02 Å². The maximum absolute atomic E-state index is 6.19. The van der Waals surface area contributed by atoms with Gasteiger partial charge in [-0.25, -0.2) is 0 Å². The van der Waals surface area contributed by atoms with E-state index in [1.54, 1.807) is 0 Å². The second-order valence-electron chi connectivity index (χ2n) is 6.03. The number of rotatable bonds is 1. The summed E-state index contributed by atoms with van der Waals surface area (Å²) in [5.41, 5.74) is 7.47. The molecule has 2 nitrogen and oxygen atoms in total. The molecule has 17 heavy (non-hydrogen) atoms. The SMILES string of the molecule is CC(C)(C)CC1C[C@@H](N)c2cc(Cl)ccc2O1. The lowest BCUT2D eigenvalue weighted by Gasteiger charge is -2.34. The first-order valence-corrected chi connectivity index (χ1v) is 6.45. The standard InChI is InChI=1S/C14H20ClNO/c1-14(2,3)8-10-7-12(16)11-6-9(15)4-5-13(11)17-10/h4-6,10,12H,7-8,16H2,1-3H3/t10?,12-/m1/s1. The van der Waals surface area contributed by atoms with Gasteiger partial charge in [-0.3, -0.25) is 0 Å². The third-order valence-corrected chi connectivity index (χ3v) is 3.26. The van der Waals surface area contributed by atoms with Crippen molar-refractivity contribution in [3.8, 4) is 5.75 Å². The molecular formula is C14H20ClNO. The Morgan fingerprint density at radius 3 is 2.76 bits per heavy atom. The number of ether oxygens (including phenoxy) is 1. The largest absolute Gasteiger partial charge is 0.490 e. The Labute approximate surface area is 108 Å². The van der Waals surface area contributed by atoms with Gasteiger partial charge < -0.3 is 10.5 Å². The summed E-state index contributed by atoms with van der Waals surface area (Å²) in [6, 6.07) is 5.72. The minimum absolute atomic E-state index is 0.0322. The van der Waals surface area contributed by atoms with Crippen molar-refractivity contribution < 1.29 is 4.74 Å². The fourth-order valence-corrected chi connectivity index (χ4v) is 2.54. The molecule has 0 aliphatic carbocycles. The minimum atomic E-state index is 0.0322. The second-order valence-corrected chi connectivity index (χ2v) is 6.47. The highest BCUT2D eigenvalue weighted by molar-refractivity contribution is 6.30. The number of hydrogen-bond acceptors (Lipinski definition) is 2. The highest BCUT2D eigenvalue weighted by Crippen LogP contribution is 2.38. The predicted octanol–water partition coefficient (Wildman–Crippen LogP) is 3.93. The Morgan fingerprint density at radius 1 is 1.41 bits per heavy atom. The van der Waals surface area contributed by atoms with E-state index >= 15 is 0 Å². The Morgan fingerprint density at radius 2 is 2.12 bits per heavy atom. The van der Waals surface area contributed by atoms with E-state index in [1.165, 1.54) is 0 Å².